The topological polar surface area (TPSA) is 58.4 Å². The fourth-order valence-electron chi connectivity index (χ4n) is 3.19. The predicted molar refractivity (Wildman–Crippen MR) is 81.8 cm³/mol. The lowest BCUT2D eigenvalue weighted by Crippen LogP contribution is -2.32. The molecule has 0 aliphatic carbocycles. The number of fused-ring (bicyclic) bond motifs is 1. The summed E-state index contributed by atoms with van der Waals surface area (Å²) in [5, 5.41) is 9.12. The number of aromatic nitrogens is 2. The molecule has 1 saturated heterocycles. The standard InChI is InChI=1S/C16H21N3O2/c1-3-15-17-13-10-11(16(20)21)4-5-14(13)19(15)12-6-8-18(2)9-7-12/h4-5,10,12H,3,6-9H2,1-2H3,(H,20,21). The molecule has 1 N–H and O–H groups in total. The van der Waals surface area contributed by atoms with Crippen molar-refractivity contribution in [2.75, 3.05) is 20.1 Å². The van der Waals surface area contributed by atoms with Gasteiger partial charge in [-0.1, -0.05) is 6.92 Å². The molecule has 3 rings (SSSR count). The summed E-state index contributed by atoms with van der Waals surface area (Å²) in [4.78, 5) is 18.1. The normalized spacial score (nSPS) is 17.4. The average molecular weight is 287 g/mol. The van der Waals surface area contributed by atoms with Gasteiger partial charge in [-0.25, -0.2) is 9.78 Å². The van der Waals surface area contributed by atoms with Crippen LogP contribution in [0.4, 0.5) is 0 Å². The van der Waals surface area contributed by atoms with E-state index in [1.165, 1.54) is 0 Å². The van der Waals surface area contributed by atoms with Crippen molar-refractivity contribution in [2.45, 2.75) is 32.2 Å². The van der Waals surface area contributed by atoms with Gasteiger partial charge in [0.25, 0.3) is 0 Å². The molecule has 5 nitrogen and oxygen atoms in total. The molecule has 0 spiro atoms. The van der Waals surface area contributed by atoms with Crippen molar-refractivity contribution in [3.63, 3.8) is 0 Å². The number of hydrogen-bond acceptors (Lipinski definition) is 3. The molecule has 21 heavy (non-hydrogen) atoms. The van der Waals surface area contributed by atoms with Crippen LogP contribution >= 0.6 is 0 Å². The predicted octanol–water partition coefficient (Wildman–Crippen LogP) is 2.56. The van der Waals surface area contributed by atoms with Crippen molar-refractivity contribution < 1.29 is 9.90 Å². The number of aryl methyl sites for hydroxylation is 1. The lowest BCUT2D eigenvalue weighted by molar-refractivity contribution is 0.0697. The Balaban J connectivity index is 2.06. The zero-order valence-corrected chi connectivity index (χ0v) is 12.5. The summed E-state index contributed by atoms with van der Waals surface area (Å²) in [6.45, 7) is 4.30. The molecule has 112 valence electrons. The number of benzene rings is 1. The Morgan fingerprint density at radius 3 is 2.71 bits per heavy atom. The molecule has 5 heteroatoms. The molecule has 0 atom stereocenters. The molecule has 0 unspecified atom stereocenters. The van der Waals surface area contributed by atoms with Gasteiger partial charge in [0.15, 0.2) is 0 Å². The smallest absolute Gasteiger partial charge is 0.335 e. The minimum atomic E-state index is -0.899. The molecule has 2 heterocycles. The molecular weight excluding hydrogens is 266 g/mol. The number of imidazole rings is 1. The Hall–Kier alpha value is -1.88. The highest BCUT2D eigenvalue weighted by molar-refractivity contribution is 5.92. The molecule has 1 aromatic carbocycles. The second kappa shape index (κ2) is 5.48. The Bertz CT molecular complexity index is 669. The molecular formula is C16H21N3O2. The van der Waals surface area contributed by atoms with Crippen molar-refractivity contribution in [2.24, 2.45) is 0 Å². The van der Waals surface area contributed by atoms with E-state index in [1.807, 2.05) is 6.07 Å². The van der Waals surface area contributed by atoms with E-state index in [-0.39, 0.29) is 0 Å². The Morgan fingerprint density at radius 1 is 1.38 bits per heavy atom. The first-order valence-electron chi connectivity index (χ1n) is 7.53. The number of nitrogens with zero attached hydrogens (tertiary/aromatic N) is 3. The van der Waals surface area contributed by atoms with Gasteiger partial charge in [-0.3, -0.25) is 0 Å². The van der Waals surface area contributed by atoms with Crippen LogP contribution in [-0.4, -0.2) is 45.7 Å². The lowest BCUT2D eigenvalue weighted by Gasteiger charge is -2.31. The highest BCUT2D eigenvalue weighted by Crippen LogP contribution is 2.29. The van der Waals surface area contributed by atoms with Crippen molar-refractivity contribution in [3.05, 3.63) is 29.6 Å². The number of piperidine rings is 1. The van der Waals surface area contributed by atoms with E-state index in [9.17, 15) is 4.79 Å². The third-order valence-electron chi connectivity index (χ3n) is 4.38. The van der Waals surface area contributed by atoms with E-state index in [0.717, 1.165) is 49.2 Å². The van der Waals surface area contributed by atoms with Gasteiger partial charge < -0.3 is 14.6 Å². The molecule has 1 aliphatic rings. The highest BCUT2D eigenvalue weighted by Gasteiger charge is 2.22. The summed E-state index contributed by atoms with van der Waals surface area (Å²) in [5.41, 5.74) is 2.16. The number of aromatic carboxylic acids is 1. The van der Waals surface area contributed by atoms with Crippen LogP contribution in [0.15, 0.2) is 18.2 Å². The minimum absolute atomic E-state index is 0.304. The maximum absolute atomic E-state index is 11.1. The summed E-state index contributed by atoms with van der Waals surface area (Å²) >= 11 is 0. The largest absolute Gasteiger partial charge is 0.478 e. The molecule has 0 saturated carbocycles. The van der Waals surface area contributed by atoms with Gasteiger partial charge in [-0.05, 0) is 51.2 Å². The summed E-state index contributed by atoms with van der Waals surface area (Å²) in [6, 6.07) is 5.74. The lowest BCUT2D eigenvalue weighted by atomic mass is 10.0. The number of likely N-dealkylation sites (tertiary alicyclic amines) is 1. The summed E-state index contributed by atoms with van der Waals surface area (Å²) < 4.78 is 2.33. The van der Waals surface area contributed by atoms with Crippen LogP contribution in [0.3, 0.4) is 0 Å². The van der Waals surface area contributed by atoms with Crippen LogP contribution < -0.4 is 0 Å². The maximum atomic E-state index is 11.1. The third kappa shape index (κ3) is 2.53. The fourth-order valence-corrected chi connectivity index (χ4v) is 3.19. The zero-order valence-electron chi connectivity index (χ0n) is 12.5. The van der Waals surface area contributed by atoms with Gasteiger partial charge in [0.2, 0.25) is 0 Å². The van der Waals surface area contributed by atoms with Gasteiger partial charge in [-0.15, -0.1) is 0 Å². The number of carboxylic acids is 1. The summed E-state index contributed by atoms with van der Waals surface area (Å²) in [7, 11) is 2.15. The van der Waals surface area contributed by atoms with Gasteiger partial charge >= 0.3 is 5.97 Å². The molecule has 0 amide bonds. The zero-order chi connectivity index (χ0) is 15.0. The first-order chi connectivity index (χ1) is 10.1. The third-order valence-corrected chi connectivity index (χ3v) is 4.38. The van der Waals surface area contributed by atoms with Gasteiger partial charge in [0.05, 0.1) is 16.6 Å². The second-order valence-electron chi connectivity index (χ2n) is 5.79. The summed E-state index contributed by atoms with van der Waals surface area (Å²) in [6.07, 6.45) is 3.11. The van der Waals surface area contributed by atoms with Crippen LogP contribution in [0.5, 0.6) is 0 Å². The summed E-state index contributed by atoms with van der Waals surface area (Å²) in [5.74, 6) is 0.158. The van der Waals surface area contributed by atoms with Gasteiger partial charge in [0, 0.05) is 12.5 Å². The fraction of sp³-hybridized carbons (Fsp3) is 0.500. The van der Waals surface area contributed by atoms with Crippen LogP contribution in [0.2, 0.25) is 0 Å². The Labute approximate surface area is 124 Å². The average Bonchev–Trinajstić information content (AvgIpc) is 2.85. The van der Waals surface area contributed by atoms with E-state index in [2.05, 4.69) is 28.4 Å². The molecule has 2 aromatic rings. The molecule has 1 aromatic heterocycles. The van der Waals surface area contributed by atoms with Crippen molar-refractivity contribution in [1.82, 2.24) is 14.5 Å². The molecule has 0 radical (unpaired) electrons. The van der Waals surface area contributed by atoms with Crippen molar-refractivity contribution >= 4 is 17.0 Å². The van der Waals surface area contributed by atoms with E-state index in [4.69, 9.17) is 5.11 Å². The Kier molecular flexibility index (Phi) is 3.68. The highest BCUT2D eigenvalue weighted by atomic mass is 16.4. The number of carboxylic acid groups (broad SMARTS) is 1. The van der Waals surface area contributed by atoms with Gasteiger partial charge in [0.1, 0.15) is 5.82 Å². The van der Waals surface area contributed by atoms with E-state index in [1.54, 1.807) is 12.1 Å². The molecule has 1 aliphatic heterocycles. The first kappa shape index (κ1) is 14.1. The van der Waals surface area contributed by atoms with Crippen molar-refractivity contribution in [3.8, 4) is 0 Å². The SMILES string of the molecule is CCc1nc2cc(C(=O)O)ccc2n1C1CCN(C)CC1. The van der Waals surface area contributed by atoms with Crippen LogP contribution in [0.1, 0.15) is 42.0 Å². The monoisotopic (exact) mass is 287 g/mol. The maximum Gasteiger partial charge on any atom is 0.335 e. The number of rotatable bonds is 3. The van der Waals surface area contributed by atoms with Gasteiger partial charge in [-0.2, -0.15) is 0 Å². The second-order valence-corrected chi connectivity index (χ2v) is 5.79. The first-order valence-corrected chi connectivity index (χ1v) is 7.53. The van der Waals surface area contributed by atoms with Crippen LogP contribution in [0, 0.1) is 0 Å². The molecule has 1 fully saturated rings. The Morgan fingerprint density at radius 2 is 2.10 bits per heavy atom. The number of carbonyl (C=O) groups is 1. The number of hydrogen-bond donors (Lipinski definition) is 1. The van der Waals surface area contributed by atoms with E-state index >= 15 is 0 Å². The van der Waals surface area contributed by atoms with Crippen LogP contribution in [0.25, 0.3) is 11.0 Å². The van der Waals surface area contributed by atoms with Crippen molar-refractivity contribution in [1.29, 1.82) is 0 Å². The van der Waals surface area contributed by atoms with Crippen LogP contribution in [-0.2, 0) is 6.42 Å². The molecule has 0 bridgehead atoms. The minimum Gasteiger partial charge on any atom is -0.478 e. The quantitative estimate of drug-likeness (QED) is 0.942. The van der Waals surface area contributed by atoms with E-state index in [0.29, 0.717) is 11.6 Å². The van der Waals surface area contributed by atoms with E-state index < -0.39 is 5.97 Å².